The van der Waals surface area contributed by atoms with Gasteiger partial charge in [0.2, 0.25) is 5.91 Å². The molecule has 0 atom stereocenters. The molecule has 0 saturated carbocycles. The van der Waals surface area contributed by atoms with E-state index in [1.54, 1.807) is 11.7 Å². The van der Waals surface area contributed by atoms with Crippen molar-refractivity contribution in [2.24, 2.45) is 12.8 Å². The van der Waals surface area contributed by atoms with E-state index in [9.17, 15) is 4.79 Å². The van der Waals surface area contributed by atoms with Crippen LogP contribution in [-0.2, 0) is 18.4 Å². The van der Waals surface area contributed by atoms with Crippen molar-refractivity contribution >= 4 is 11.7 Å². The number of carbonyl (C=O) groups excluding carboxylic acids is 1. The molecule has 0 aliphatic carbocycles. The van der Waals surface area contributed by atoms with Gasteiger partial charge in [-0.05, 0) is 13.3 Å². The maximum atomic E-state index is 11.6. The van der Waals surface area contributed by atoms with Crippen LogP contribution in [0, 0.1) is 6.92 Å². The molecule has 1 aromatic rings. The number of anilines is 1. The minimum absolute atomic E-state index is 0.00901. The van der Waals surface area contributed by atoms with E-state index in [0.717, 1.165) is 30.0 Å². The summed E-state index contributed by atoms with van der Waals surface area (Å²) in [6.07, 6.45) is 0.964. The number of likely N-dealkylation sites (N-methyl/N-ethyl adjacent to an activating group) is 1. The molecule has 18 heavy (non-hydrogen) atoms. The van der Waals surface area contributed by atoms with Gasteiger partial charge in [-0.1, -0.05) is 6.92 Å². The van der Waals surface area contributed by atoms with E-state index < -0.39 is 0 Å². The molecule has 6 nitrogen and oxygen atoms in total. The summed E-state index contributed by atoms with van der Waals surface area (Å²) in [6.45, 7) is 5.59. The summed E-state index contributed by atoms with van der Waals surface area (Å²) in [5.74, 6) is 0.936. The first-order valence-corrected chi connectivity index (χ1v) is 6.23. The molecule has 3 N–H and O–H groups in total. The predicted molar refractivity (Wildman–Crippen MR) is 72.4 cm³/mol. The molecule has 0 bridgehead atoms. The van der Waals surface area contributed by atoms with Crippen LogP contribution >= 0.6 is 0 Å². The average molecular weight is 253 g/mol. The van der Waals surface area contributed by atoms with Gasteiger partial charge in [-0.3, -0.25) is 9.48 Å². The van der Waals surface area contributed by atoms with Crippen LogP contribution < -0.4 is 16.0 Å². The van der Waals surface area contributed by atoms with Gasteiger partial charge in [0.15, 0.2) is 0 Å². The maximum Gasteiger partial charge on any atom is 0.239 e. The van der Waals surface area contributed by atoms with Crippen LogP contribution in [0.4, 0.5) is 5.82 Å². The van der Waals surface area contributed by atoms with Crippen molar-refractivity contribution in [2.45, 2.75) is 26.8 Å². The van der Waals surface area contributed by atoms with E-state index in [4.69, 9.17) is 5.73 Å². The van der Waals surface area contributed by atoms with Gasteiger partial charge in [0, 0.05) is 32.7 Å². The van der Waals surface area contributed by atoms with Crippen LogP contribution in [-0.4, -0.2) is 35.8 Å². The van der Waals surface area contributed by atoms with Gasteiger partial charge in [0.1, 0.15) is 5.82 Å². The molecule has 1 heterocycles. The first-order valence-electron chi connectivity index (χ1n) is 6.23. The molecule has 6 heteroatoms. The van der Waals surface area contributed by atoms with Gasteiger partial charge in [-0.25, -0.2) is 0 Å². The van der Waals surface area contributed by atoms with Gasteiger partial charge in [-0.2, -0.15) is 5.10 Å². The Balaban J connectivity index is 3.08. The van der Waals surface area contributed by atoms with E-state index in [1.165, 1.54) is 0 Å². The van der Waals surface area contributed by atoms with Gasteiger partial charge < -0.3 is 16.0 Å². The number of nitrogens with zero attached hydrogens (tertiary/aromatic N) is 3. The lowest BCUT2D eigenvalue weighted by Crippen LogP contribution is -2.37. The van der Waals surface area contributed by atoms with Crippen molar-refractivity contribution in [3.05, 3.63) is 11.3 Å². The minimum Gasteiger partial charge on any atom is -0.358 e. The number of amides is 1. The molecule has 0 aliphatic heterocycles. The molecule has 0 radical (unpaired) electrons. The number of aryl methyl sites for hydroxylation is 2. The molecule has 0 saturated heterocycles. The Kier molecular flexibility index (Phi) is 5.15. The molecular weight excluding hydrogens is 230 g/mol. The Morgan fingerprint density at radius 2 is 2.22 bits per heavy atom. The van der Waals surface area contributed by atoms with E-state index in [0.29, 0.717) is 13.1 Å². The predicted octanol–water partition coefficient (Wildman–Crippen LogP) is 0.150. The van der Waals surface area contributed by atoms with Gasteiger partial charge >= 0.3 is 0 Å². The van der Waals surface area contributed by atoms with Crippen LogP contribution in [0.2, 0.25) is 0 Å². The third-order valence-corrected chi connectivity index (χ3v) is 2.92. The van der Waals surface area contributed by atoms with Crippen molar-refractivity contribution in [3.63, 3.8) is 0 Å². The fourth-order valence-corrected chi connectivity index (χ4v) is 2.11. The van der Waals surface area contributed by atoms with Crippen molar-refractivity contribution < 1.29 is 4.79 Å². The molecular formula is C12H23N5O. The average Bonchev–Trinajstić information content (AvgIpc) is 2.62. The van der Waals surface area contributed by atoms with Crippen LogP contribution in [0.15, 0.2) is 0 Å². The molecule has 1 amide bonds. The van der Waals surface area contributed by atoms with E-state index in [2.05, 4.69) is 17.3 Å². The Morgan fingerprint density at radius 3 is 2.72 bits per heavy atom. The second kappa shape index (κ2) is 6.39. The highest BCUT2D eigenvalue weighted by Gasteiger charge is 2.19. The molecule has 0 unspecified atom stereocenters. The molecule has 0 fully saturated rings. The third-order valence-electron chi connectivity index (χ3n) is 2.92. The summed E-state index contributed by atoms with van der Waals surface area (Å²) in [7, 11) is 3.53. The lowest BCUT2D eigenvalue weighted by atomic mass is 10.2. The maximum absolute atomic E-state index is 11.6. The van der Waals surface area contributed by atoms with Crippen molar-refractivity contribution in [1.82, 2.24) is 15.1 Å². The van der Waals surface area contributed by atoms with E-state index >= 15 is 0 Å². The Morgan fingerprint density at radius 1 is 1.56 bits per heavy atom. The molecule has 1 rings (SSSR count). The lowest BCUT2D eigenvalue weighted by molar-refractivity contribution is -0.119. The number of nitrogens with one attached hydrogen (secondary N) is 1. The third kappa shape index (κ3) is 3.01. The number of hydrogen-bond donors (Lipinski definition) is 2. The SMILES string of the molecule is CCCN(CC(=O)NC)c1c(CN)c(C)nn1C. The van der Waals surface area contributed by atoms with E-state index in [1.807, 2.05) is 18.9 Å². The molecule has 1 aromatic heterocycles. The lowest BCUT2D eigenvalue weighted by Gasteiger charge is -2.24. The zero-order valence-electron chi connectivity index (χ0n) is 11.7. The fourth-order valence-electron chi connectivity index (χ4n) is 2.11. The number of aromatic nitrogens is 2. The summed E-state index contributed by atoms with van der Waals surface area (Å²) in [5, 5.41) is 7.03. The first kappa shape index (κ1) is 14.5. The standard InChI is InChI=1S/C12H23N5O/c1-5-6-17(8-11(18)14-3)12-10(7-13)9(2)15-16(12)4/h5-8,13H2,1-4H3,(H,14,18). The Hall–Kier alpha value is -1.56. The number of nitrogens with two attached hydrogens (primary N) is 1. The van der Waals surface area contributed by atoms with Crippen LogP contribution in [0.5, 0.6) is 0 Å². The zero-order chi connectivity index (χ0) is 13.7. The summed E-state index contributed by atoms with van der Waals surface area (Å²) < 4.78 is 1.80. The van der Waals surface area contributed by atoms with E-state index in [-0.39, 0.29) is 5.91 Å². The zero-order valence-corrected chi connectivity index (χ0v) is 11.7. The molecule has 102 valence electrons. The Bertz CT molecular complexity index is 413. The number of carbonyl (C=O) groups is 1. The van der Waals surface area contributed by atoms with Gasteiger partial charge in [0.25, 0.3) is 0 Å². The fraction of sp³-hybridized carbons (Fsp3) is 0.667. The molecule has 0 aliphatic rings. The monoisotopic (exact) mass is 253 g/mol. The normalized spacial score (nSPS) is 10.5. The minimum atomic E-state index is -0.00901. The van der Waals surface area contributed by atoms with Crippen LogP contribution in [0.1, 0.15) is 24.6 Å². The topological polar surface area (TPSA) is 76.2 Å². The Labute approximate surface area is 108 Å². The summed E-state index contributed by atoms with van der Waals surface area (Å²) >= 11 is 0. The number of rotatable bonds is 6. The van der Waals surface area contributed by atoms with Crippen LogP contribution in [0.3, 0.4) is 0 Å². The largest absolute Gasteiger partial charge is 0.358 e. The smallest absolute Gasteiger partial charge is 0.239 e. The highest BCUT2D eigenvalue weighted by molar-refractivity contribution is 5.81. The summed E-state index contributed by atoms with van der Waals surface area (Å²) in [5.41, 5.74) is 7.71. The quantitative estimate of drug-likeness (QED) is 0.756. The highest BCUT2D eigenvalue weighted by Crippen LogP contribution is 2.22. The van der Waals surface area contributed by atoms with Crippen molar-refractivity contribution in [2.75, 3.05) is 25.0 Å². The van der Waals surface area contributed by atoms with Crippen molar-refractivity contribution in [1.29, 1.82) is 0 Å². The molecule has 0 spiro atoms. The molecule has 0 aromatic carbocycles. The van der Waals surface area contributed by atoms with Crippen molar-refractivity contribution in [3.8, 4) is 0 Å². The summed E-state index contributed by atoms with van der Waals surface area (Å²) in [4.78, 5) is 13.6. The second-order valence-corrected chi connectivity index (χ2v) is 4.31. The van der Waals surface area contributed by atoms with Gasteiger partial charge in [-0.15, -0.1) is 0 Å². The van der Waals surface area contributed by atoms with Crippen LogP contribution in [0.25, 0.3) is 0 Å². The summed E-state index contributed by atoms with van der Waals surface area (Å²) in [6, 6.07) is 0. The highest BCUT2D eigenvalue weighted by atomic mass is 16.1. The van der Waals surface area contributed by atoms with Gasteiger partial charge in [0.05, 0.1) is 12.2 Å². The second-order valence-electron chi connectivity index (χ2n) is 4.31. The first-order chi connectivity index (χ1) is 8.54. The number of hydrogen-bond acceptors (Lipinski definition) is 4.